The van der Waals surface area contributed by atoms with E-state index in [4.69, 9.17) is 17.3 Å². The number of carbonyl (C=O) groups excluding carboxylic acids is 1. The van der Waals surface area contributed by atoms with Crippen LogP contribution < -0.4 is 5.73 Å². The number of benzene rings is 1. The van der Waals surface area contributed by atoms with Gasteiger partial charge in [-0.1, -0.05) is 11.6 Å². The van der Waals surface area contributed by atoms with Crippen LogP contribution in [0.2, 0.25) is 5.02 Å². The SMILES string of the molecule is CN1CCN(C(=O)c2cc(N)ccc2Cl)CC1(C)C. The van der Waals surface area contributed by atoms with E-state index in [1.54, 1.807) is 18.2 Å². The van der Waals surface area contributed by atoms with Gasteiger partial charge in [0, 0.05) is 30.9 Å². The fraction of sp³-hybridized carbons (Fsp3) is 0.500. The van der Waals surface area contributed by atoms with Crippen LogP contribution in [0.3, 0.4) is 0 Å². The predicted molar refractivity (Wildman–Crippen MR) is 78.5 cm³/mol. The maximum absolute atomic E-state index is 12.5. The maximum atomic E-state index is 12.5. The Kier molecular flexibility index (Phi) is 3.74. The molecule has 1 aromatic rings. The Balaban J connectivity index is 2.23. The van der Waals surface area contributed by atoms with Gasteiger partial charge in [-0.2, -0.15) is 0 Å². The van der Waals surface area contributed by atoms with E-state index in [-0.39, 0.29) is 11.4 Å². The maximum Gasteiger partial charge on any atom is 0.255 e. The normalized spacial score (nSPS) is 19.5. The first kappa shape index (κ1) is 14.2. The number of halogens is 1. The van der Waals surface area contributed by atoms with Crippen LogP contribution in [0.4, 0.5) is 5.69 Å². The number of likely N-dealkylation sites (N-methyl/N-ethyl adjacent to an activating group) is 1. The lowest BCUT2D eigenvalue weighted by molar-refractivity contribution is 0.0311. The molecule has 0 atom stereocenters. The minimum Gasteiger partial charge on any atom is -0.399 e. The van der Waals surface area contributed by atoms with E-state index in [2.05, 4.69) is 25.8 Å². The van der Waals surface area contributed by atoms with E-state index < -0.39 is 0 Å². The molecule has 2 rings (SSSR count). The average Bonchev–Trinajstić information content (AvgIpc) is 2.35. The summed E-state index contributed by atoms with van der Waals surface area (Å²) in [5.41, 5.74) is 6.75. The van der Waals surface area contributed by atoms with E-state index >= 15 is 0 Å². The van der Waals surface area contributed by atoms with Gasteiger partial charge in [0.15, 0.2) is 0 Å². The number of rotatable bonds is 1. The van der Waals surface area contributed by atoms with E-state index in [1.807, 2.05) is 4.90 Å². The van der Waals surface area contributed by atoms with E-state index in [0.29, 0.717) is 29.4 Å². The summed E-state index contributed by atoms with van der Waals surface area (Å²) in [5, 5.41) is 0.455. The number of piperazine rings is 1. The number of carbonyl (C=O) groups is 1. The van der Waals surface area contributed by atoms with E-state index in [1.165, 1.54) is 0 Å². The topological polar surface area (TPSA) is 49.6 Å². The number of amides is 1. The number of nitrogens with two attached hydrogens (primary N) is 1. The molecule has 1 aromatic carbocycles. The number of anilines is 1. The highest BCUT2D eigenvalue weighted by atomic mass is 35.5. The fourth-order valence-electron chi connectivity index (χ4n) is 2.29. The van der Waals surface area contributed by atoms with Gasteiger partial charge < -0.3 is 10.6 Å². The lowest BCUT2D eigenvalue weighted by atomic mass is 9.99. The summed E-state index contributed by atoms with van der Waals surface area (Å²) in [6, 6.07) is 5.02. The molecule has 0 saturated carbocycles. The Hall–Kier alpha value is -1.26. The molecule has 0 spiro atoms. The van der Waals surface area contributed by atoms with Crippen LogP contribution in [-0.4, -0.2) is 47.9 Å². The van der Waals surface area contributed by atoms with Gasteiger partial charge in [0.1, 0.15) is 0 Å². The molecule has 104 valence electrons. The average molecular weight is 282 g/mol. The number of hydrogen-bond acceptors (Lipinski definition) is 3. The van der Waals surface area contributed by atoms with E-state index in [9.17, 15) is 4.79 Å². The Bertz CT molecular complexity index is 501. The zero-order chi connectivity index (χ0) is 14.2. The first-order valence-corrected chi connectivity index (χ1v) is 6.74. The van der Waals surface area contributed by atoms with Gasteiger partial charge in [-0.05, 0) is 39.1 Å². The molecule has 1 heterocycles. The third kappa shape index (κ3) is 2.85. The summed E-state index contributed by atoms with van der Waals surface area (Å²) in [6.45, 7) is 6.52. The van der Waals surface area contributed by atoms with E-state index in [0.717, 1.165) is 6.54 Å². The molecule has 1 aliphatic heterocycles. The van der Waals surface area contributed by atoms with Gasteiger partial charge in [-0.15, -0.1) is 0 Å². The first-order chi connectivity index (χ1) is 8.81. The standard InChI is InChI=1S/C14H20ClN3O/c1-14(2)9-18(7-6-17(14)3)13(19)11-8-10(16)4-5-12(11)15/h4-5,8H,6-7,9,16H2,1-3H3. The molecular weight excluding hydrogens is 262 g/mol. The van der Waals surface area contributed by atoms with Crippen LogP contribution in [0.5, 0.6) is 0 Å². The van der Waals surface area contributed by atoms with Gasteiger partial charge in [0.25, 0.3) is 5.91 Å². The molecule has 4 nitrogen and oxygen atoms in total. The van der Waals surface area contributed by atoms with Crippen molar-refractivity contribution in [1.29, 1.82) is 0 Å². The summed E-state index contributed by atoms with van der Waals surface area (Å²) >= 11 is 6.10. The summed E-state index contributed by atoms with van der Waals surface area (Å²) in [4.78, 5) is 16.6. The Labute approximate surface area is 119 Å². The Morgan fingerprint density at radius 1 is 1.37 bits per heavy atom. The van der Waals surface area contributed by atoms with Gasteiger partial charge >= 0.3 is 0 Å². The quantitative estimate of drug-likeness (QED) is 0.802. The van der Waals surface area contributed by atoms with Crippen molar-refractivity contribution in [2.45, 2.75) is 19.4 Å². The molecule has 0 aliphatic carbocycles. The smallest absolute Gasteiger partial charge is 0.255 e. The molecule has 0 unspecified atom stereocenters. The summed E-state index contributed by atoms with van der Waals surface area (Å²) in [7, 11) is 2.08. The largest absolute Gasteiger partial charge is 0.399 e. The summed E-state index contributed by atoms with van der Waals surface area (Å²) in [6.07, 6.45) is 0. The predicted octanol–water partition coefficient (Wildman–Crippen LogP) is 2.09. The highest BCUT2D eigenvalue weighted by Crippen LogP contribution is 2.24. The van der Waals surface area contributed by atoms with Crippen LogP contribution in [0.15, 0.2) is 18.2 Å². The highest BCUT2D eigenvalue weighted by molar-refractivity contribution is 6.34. The fourth-order valence-corrected chi connectivity index (χ4v) is 2.49. The van der Waals surface area contributed by atoms with Crippen molar-refractivity contribution in [3.63, 3.8) is 0 Å². The van der Waals surface area contributed by atoms with Gasteiger partial charge in [-0.25, -0.2) is 0 Å². The minimum atomic E-state index is -0.0431. The zero-order valence-electron chi connectivity index (χ0n) is 11.6. The molecule has 1 aliphatic rings. The second-order valence-corrected chi connectivity index (χ2v) is 6.11. The molecular formula is C14H20ClN3O. The third-order valence-electron chi connectivity index (χ3n) is 3.82. The second kappa shape index (κ2) is 5.02. The Morgan fingerprint density at radius 2 is 2.05 bits per heavy atom. The monoisotopic (exact) mass is 281 g/mol. The van der Waals surface area contributed by atoms with Crippen molar-refractivity contribution in [3.8, 4) is 0 Å². The van der Waals surface area contributed by atoms with Crippen molar-refractivity contribution in [3.05, 3.63) is 28.8 Å². The van der Waals surface area contributed by atoms with Gasteiger partial charge in [0.2, 0.25) is 0 Å². The van der Waals surface area contributed by atoms with Crippen molar-refractivity contribution in [2.75, 3.05) is 32.4 Å². The van der Waals surface area contributed by atoms with Crippen LogP contribution in [-0.2, 0) is 0 Å². The second-order valence-electron chi connectivity index (χ2n) is 5.70. The van der Waals surface area contributed by atoms with Gasteiger partial charge in [0.05, 0.1) is 10.6 Å². The Morgan fingerprint density at radius 3 is 2.68 bits per heavy atom. The molecule has 0 radical (unpaired) electrons. The van der Waals surface area contributed by atoms with Crippen LogP contribution in [0.1, 0.15) is 24.2 Å². The zero-order valence-corrected chi connectivity index (χ0v) is 12.4. The molecule has 2 N–H and O–H groups in total. The number of nitrogens with zero attached hydrogens (tertiary/aromatic N) is 2. The molecule has 1 amide bonds. The lowest BCUT2D eigenvalue weighted by Gasteiger charge is -2.45. The molecule has 1 fully saturated rings. The van der Waals surface area contributed by atoms with Crippen molar-refractivity contribution in [1.82, 2.24) is 9.80 Å². The summed E-state index contributed by atoms with van der Waals surface area (Å²) < 4.78 is 0. The molecule has 0 aromatic heterocycles. The molecule has 19 heavy (non-hydrogen) atoms. The minimum absolute atomic E-state index is 0.0271. The third-order valence-corrected chi connectivity index (χ3v) is 4.15. The molecule has 0 bridgehead atoms. The van der Waals surface area contributed by atoms with Crippen LogP contribution in [0.25, 0.3) is 0 Å². The first-order valence-electron chi connectivity index (χ1n) is 6.37. The molecule has 1 saturated heterocycles. The van der Waals surface area contributed by atoms with Crippen LogP contribution >= 0.6 is 11.6 Å². The van der Waals surface area contributed by atoms with Crippen LogP contribution in [0, 0.1) is 0 Å². The van der Waals surface area contributed by atoms with Crippen molar-refractivity contribution >= 4 is 23.2 Å². The highest BCUT2D eigenvalue weighted by Gasteiger charge is 2.33. The van der Waals surface area contributed by atoms with Crippen molar-refractivity contribution in [2.24, 2.45) is 0 Å². The number of nitrogen functional groups attached to an aromatic ring is 1. The van der Waals surface area contributed by atoms with Crippen molar-refractivity contribution < 1.29 is 4.79 Å². The molecule has 5 heteroatoms. The lowest BCUT2D eigenvalue weighted by Crippen LogP contribution is -2.58. The number of hydrogen-bond donors (Lipinski definition) is 1. The van der Waals surface area contributed by atoms with Gasteiger partial charge in [-0.3, -0.25) is 9.69 Å². The summed E-state index contributed by atoms with van der Waals surface area (Å²) in [5.74, 6) is -0.0431.